The third-order valence-electron chi connectivity index (χ3n) is 5.40. The normalized spacial score (nSPS) is 15.9. The first-order valence-corrected chi connectivity index (χ1v) is 9.43. The van der Waals surface area contributed by atoms with Crippen LogP contribution in [0.1, 0.15) is 36.1 Å². The fraction of sp³-hybridized carbons (Fsp3) is 0.154. The Morgan fingerprint density at radius 3 is 2.19 bits per heavy atom. The van der Waals surface area contributed by atoms with E-state index in [-0.39, 0.29) is 0 Å². The lowest BCUT2D eigenvalue weighted by Gasteiger charge is -2.11. The molecular formula is C26H24O. The van der Waals surface area contributed by atoms with Gasteiger partial charge in [0, 0.05) is 0 Å². The molecule has 0 saturated carbocycles. The summed E-state index contributed by atoms with van der Waals surface area (Å²) in [6.45, 7) is 6.10. The van der Waals surface area contributed by atoms with Gasteiger partial charge in [0.15, 0.2) is 0 Å². The van der Waals surface area contributed by atoms with Gasteiger partial charge < -0.3 is 5.11 Å². The molecule has 1 heteroatoms. The van der Waals surface area contributed by atoms with Gasteiger partial charge in [0.2, 0.25) is 0 Å². The molecule has 0 radical (unpaired) electrons. The fourth-order valence-corrected chi connectivity index (χ4v) is 4.15. The minimum Gasteiger partial charge on any atom is -0.389 e. The van der Waals surface area contributed by atoms with Crippen molar-refractivity contribution in [3.05, 3.63) is 101 Å². The Kier molecular flexibility index (Phi) is 4.55. The van der Waals surface area contributed by atoms with Crippen LogP contribution >= 0.6 is 0 Å². The summed E-state index contributed by atoms with van der Waals surface area (Å²) in [5.41, 5.74) is 10.7. The van der Waals surface area contributed by atoms with E-state index in [2.05, 4.69) is 86.7 Å². The minimum atomic E-state index is -0.486. The predicted octanol–water partition coefficient (Wildman–Crippen LogP) is 6.37. The summed E-state index contributed by atoms with van der Waals surface area (Å²) in [6.07, 6.45) is 1.78. The molecule has 1 aliphatic rings. The Labute approximate surface area is 161 Å². The number of benzene rings is 3. The second kappa shape index (κ2) is 7.02. The molecule has 1 unspecified atom stereocenters. The second-order valence-electron chi connectivity index (χ2n) is 7.22. The molecule has 1 atom stereocenters. The number of fused-ring (bicyclic) bond motifs is 1. The third kappa shape index (κ3) is 3.05. The number of allylic oxidation sites excluding steroid dienone is 2. The topological polar surface area (TPSA) is 20.2 Å². The maximum atomic E-state index is 10.4. The first-order chi connectivity index (χ1) is 13.1. The largest absolute Gasteiger partial charge is 0.389 e. The third-order valence-corrected chi connectivity index (χ3v) is 5.40. The van der Waals surface area contributed by atoms with E-state index < -0.39 is 6.10 Å². The van der Waals surface area contributed by atoms with Crippen LogP contribution in [0.3, 0.4) is 0 Å². The monoisotopic (exact) mass is 352 g/mol. The van der Waals surface area contributed by atoms with Crippen molar-refractivity contribution >= 4 is 17.2 Å². The van der Waals surface area contributed by atoms with Crippen molar-refractivity contribution in [2.75, 3.05) is 0 Å². The average molecular weight is 352 g/mol. The highest BCUT2D eigenvalue weighted by Crippen LogP contribution is 2.45. The standard InChI is InChI=1S/C26H24O/c1-17-10-9-15-23-24(18(2)26(19(3)27)25(17)23)16-21-13-7-8-14-22(21)20-11-5-4-6-12-20/h4-16,19,27H,1-3H3/b24-16-. The summed E-state index contributed by atoms with van der Waals surface area (Å²) < 4.78 is 0. The molecule has 0 fully saturated rings. The molecule has 1 aliphatic carbocycles. The zero-order valence-corrected chi connectivity index (χ0v) is 16.0. The van der Waals surface area contributed by atoms with Gasteiger partial charge in [0.05, 0.1) is 6.10 Å². The zero-order chi connectivity index (χ0) is 19.0. The van der Waals surface area contributed by atoms with Crippen LogP contribution in [-0.2, 0) is 0 Å². The Morgan fingerprint density at radius 2 is 1.44 bits per heavy atom. The number of hydrogen-bond donors (Lipinski definition) is 1. The molecule has 3 aromatic rings. The maximum absolute atomic E-state index is 10.4. The molecule has 134 valence electrons. The lowest BCUT2D eigenvalue weighted by atomic mass is 9.94. The van der Waals surface area contributed by atoms with Crippen molar-refractivity contribution in [2.24, 2.45) is 0 Å². The molecule has 0 aliphatic heterocycles. The zero-order valence-electron chi connectivity index (χ0n) is 16.0. The van der Waals surface area contributed by atoms with Crippen molar-refractivity contribution in [1.82, 2.24) is 0 Å². The second-order valence-corrected chi connectivity index (χ2v) is 7.22. The van der Waals surface area contributed by atoms with Crippen molar-refractivity contribution in [3.8, 4) is 11.1 Å². The van der Waals surface area contributed by atoms with Gasteiger partial charge in [-0.25, -0.2) is 0 Å². The van der Waals surface area contributed by atoms with E-state index in [1.807, 2.05) is 13.0 Å². The molecule has 27 heavy (non-hydrogen) atoms. The fourth-order valence-electron chi connectivity index (χ4n) is 4.15. The van der Waals surface area contributed by atoms with Crippen LogP contribution in [0.5, 0.6) is 0 Å². The molecule has 0 aromatic heterocycles. The van der Waals surface area contributed by atoms with Gasteiger partial charge in [0.1, 0.15) is 0 Å². The van der Waals surface area contributed by atoms with Crippen molar-refractivity contribution < 1.29 is 5.11 Å². The van der Waals surface area contributed by atoms with E-state index in [9.17, 15) is 5.11 Å². The number of aliphatic hydroxyl groups excluding tert-OH is 1. The average Bonchev–Trinajstić information content (AvgIpc) is 2.96. The van der Waals surface area contributed by atoms with E-state index in [4.69, 9.17) is 0 Å². The van der Waals surface area contributed by atoms with Gasteiger partial charge in [-0.15, -0.1) is 0 Å². The molecule has 0 bridgehead atoms. The summed E-state index contributed by atoms with van der Waals surface area (Å²) in [7, 11) is 0. The molecule has 3 aromatic carbocycles. The van der Waals surface area contributed by atoms with Gasteiger partial charge in [-0.1, -0.05) is 72.8 Å². The van der Waals surface area contributed by atoms with Gasteiger partial charge in [0.25, 0.3) is 0 Å². The van der Waals surface area contributed by atoms with Crippen LogP contribution in [0, 0.1) is 6.92 Å². The van der Waals surface area contributed by atoms with Crippen LogP contribution < -0.4 is 0 Å². The smallest absolute Gasteiger partial charge is 0.0770 e. The van der Waals surface area contributed by atoms with Crippen molar-refractivity contribution in [3.63, 3.8) is 0 Å². The number of aryl methyl sites for hydroxylation is 1. The Morgan fingerprint density at radius 1 is 0.778 bits per heavy atom. The highest BCUT2D eigenvalue weighted by molar-refractivity contribution is 6.07. The minimum absolute atomic E-state index is 0.486. The molecule has 1 N–H and O–H groups in total. The Balaban J connectivity index is 1.94. The van der Waals surface area contributed by atoms with Crippen molar-refractivity contribution in [2.45, 2.75) is 26.9 Å². The van der Waals surface area contributed by atoms with E-state index in [1.165, 1.54) is 39.0 Å². The molecule has 1 nitrogen and oxygen atoms in total. The van der Waals surface area contributed by atoms with Crippen LogP contribution in [0.4, 0.5) is 0 Å². The van der Waals surface area contributed by atoms with Gasteiger partial charge in [-0.05, 0) is 76.9 Å². The SMILES string of the molecule is CC1=C(C(C)O)c2c(C)cccc2/C1=C\c1ccccc1-c1ccccc1. The van der Waals surface area contributed by atoms with Crippen molar-refractivity contribution in [1.29, 1.82) is 0 Å². The number of rotatable bonds is 3. The van der Waals surface area contributed by atoms with Gasteiger partial charge >= 0.3 is 0 Å². The summed E-state index contributed by atoms with van der Waals surface area (Å²) in [5.74, 6) is 0. The van der Waals surface area contributed by atoms with E-state index >= 15 is 0 Å². The van der Waals surface area contributed by atoms with Gasteiger partial charge in [-0.2, -0.15) is 0 Å². The van der Waals surface area contributed by atoms with Crippen LogP contribution in [0.2, 0.25) is 0 Å². The highest BCUT2D eigenvalue weighted by Gasteiger charge is 2.27. The Bertz CT molecular complexity index is 1050. The van der Waals surface area contributed by atoms with Crippen LogP contribution in [0.15, 0.2) is 78.4 Å². The summed E-state index contributed by atoms with van der Waals surface area (Å²) in [5, 5.41) is 10.4. The molecular weight excluding hydrogens is 328 g/mol. The lowest BCUT2D eigenvalue weighted by Crippen LogP contribution is -2.04. The quantitative estimate of drug-likeness (QED) is 0.580. The maximum Gasteiger partial charge on any atom is 0.0770 e. The molecule has 0 amide bonds. The summed E-state index contributed by atoms with van der Waals surface area (Å²) >= 11 is 0. The van der Waals surface area contributed by atoms with Crippen LogP contribution in [-0.4, -0.2) is 11.2 Å². The van der Waals surface area contributed by atoms with Gasteiger partial charge in [-0.3, -0.25) is 0 Å². The first-order valence-electron chi connectivity index (χ1n) is 9.43. The summed E-state index contributed by atoms with van der Waals surface area (Å²) in [4.78, 5) is 0. The molecule has 0 saturated heterocycles. The van der Waals surface area contributed by atoms with E-state index in [0.717, 1.165) is 11.1 Å². The van der Waals surface area contributed by atoms with Crippen LogP contribution in [0.25, 0.3) is 28.3 Å². The number of hydrogen-bond acceptors (Lipinski definition) is 1. The predicted molar refractivity (Wildman–Crippen MR) is 115 cm³/mol. The number of aliphatic hydroxyl groups is 1. The van der Waals surface area contributed by atoms with E-state index in [0.29, 0.717) is 0 Å². The molecule has 4 rings (SSSR count). The lowest BCUT2D eigenvalue weighted by molar-refractivity contribution is 0.253. The molecule has 0 spiro atoms. The Hall–Kier alpha value is -2.90. The first kappa shape index (κ1) is 17.5. The summed E-state index contributed by atoms with van der Waals surface area (Å²) in [6, 6.07) is 25.4. The van der Waals surface area contributed by atoms with E-state index in [1.54, 1.807) is 0 Å². The highest BCUT2D eigenvalue weighted by atomic mass is 16.3. The molecule has 0 heterocycles.